The van der Waals surface area contributed by atoms with E-state index < -0.39 is 106 Å². The zero-order valence-electron chi connectivity index (χ0n) is 23.4. The van der Waals surface area contributed by atoms with Crippen molar-refractivity contribution in [1.29, 1.82) is 0 Å². The highest BCUT2D eigenvalue weighted by Gasteiger charge is 2.84. The van der Waals surface area contributed by atoms with Crippen molar-refractivity contribution < 1.29 is 53.4 Å². The zero-order chi connectivity index (χ0) is 28.6. The maximum Gasteiger partial charge on any atom is 0.311 e. The molecule has 3 N–H and O–H groups in total. The zero-order valence-corrected chi connectivity index (χ0v) is 23.4. The molecule has 8 aliphatic rings. The van der Waals surface area contributed by atoms with E-state index in [1.807, 2.05) is 20.8 Å². The number of ketones is 1. The molecule has 2 spiro atoms. The largest absolute Gasteiger partial charge is 0.459 e. The van der Waals surface area contributed by atoms with Crippen molar-refractivity contribution in [1.82, 2.24) is 0 Å². The van der Waals surface area contributed by atoms with Crippen molar-refractivity contribution in [3.8, 4) is 0 Å². The van der Waals surface area contributed by atoms with E-state index in [0.29, 0.717) is 6.42 Å². The van der Waals surface area contributed by atoms with E-state index in [4.69, 9.17) is 23.7 Å². The second kappa shape index (κ2) is 7.11. The predicted octanol–water partition coefficient (Wildman–Crippen LogP) is 0.389. The average Bonchev–Trinajstić information content (AvgIpc) is 3.52. The molecule has 15 atom stereocenters. The van der Waals surface area contributed by atoms with Gasteiger partial charge in [0, 0.05) is 29.6 Å². The summed E-state index contributed by atoms with van der Waals surface area (Å²) in [5.41, 5.74) is -5.41. The molecule has 0 aromatic heterocycles. The molecule has 40 heavy (non-hydrogen) atoms. The Hall–Kier alpha value is -1.63. The van der Waals surface area contributed by atoms with Crippen molar-refractivity contribution in [2.24, 2.45) is 35.0 Å². The minimum atomic E-state index is -2.38. The first-order valence-corrected chi connectivity index (χ1v) is 14.7. The Morgan fingerprint density at radius 1 is 0.975 bits per heavy atom. The number of carbonyl (C=O) groups excluding carboxylic acids is 3. The van der Waals surface area contributed by atoms with Crippen LogP contribution in [0.3, 0.4) is 0 Å². The number of hydrogen-bond donors (Lipinski definition) is 3. The number of fused-ring (bicyclic) bond motifs is 7. The van der Waals surface area contributed by atoms with Gasteiger partial charge in [-0.3, -0.25) is 14.4 Å². The predicted molar refractivity (Wildman–Crippen MR) is 131 cm³/mol. The SMILES string of the molecule is C[C@H]1C(=O)O[C@@H]2[C@H]1O[C@]1(C)[C@H]2[C@H]2[C@](C)(CC[C@]34C[C@]56OC(=O)C[C@H]5OC(C)(C)[C@@H]6C[C@H](O)[C@H]3C(=O)[C@@]2(O)O4)[C@@H]1O. The van der Waals surface area contributed by atoms with Gasteiger partial charge >= 0.3 is 11.9 Å². The van der Waals surface area contributed by atoms with E-state index in [-0.39, 0.29) is 31.6 Å². The minimum absolute atomic E-state index is 0.0679. The van der Waals surface area contributed by atoms with Gasteiger partial charge in [-0.05, 0) is 47.0 Å². The van der Waals surface area contributed by atoms with Crippen molar-refractivity contribution >= 4 is 17.7 Å². The first kappa shape index (κ1) is 26.0. The van der Waals surface area contributed by atoms with Gasteiger partial charge in [-0.2, -0.15) is 0 Å². The fourth-order valence-corrected chi connectivity index (χ4v) is 11.1. The van der Waals surface area contributed by atoms with Gasteiger partial charge in [-0.25, -0.2) is 0 Å². The number of Topliss-reactive ketones (excluding diaryl/α,β-unsaturated/α-hetero) is 1. The molecule has 11 nitrogen and oxygen atoms in total. The molecule has 0 aromatic carbocycles. The van der Waals surface area contributed by atoms with Crippen LogP contribution in [0.1, 0.15) is 66.7 Å². The van der Waals surface area contributed by atoms with Crippen molar-refractivity contribution in [2.75, 3.05) is 0 Å². The molecule has 6 heterocycles. The number of ether oxygens (including phenoxy) is 5. The summed E-state index contributed by atoms with van der Waals surface area (Å²) >= 11 is 0. The molecule has 11 heteroatoms. The first-order valence-electron chi connectivity index (χ1n) is 14.7. The lowest BCUT2D eigenvalue weighted by Gasteiger charge is -2.42. The molecule has 0 unspecified atom stereocenters. The minimum Gasteiger partial charge on any atom is -0.459 e. The van der Waals surface area contributed by atoms with Crippen LogP contribution in [0.5, 0.6) is 0 Å². The Balaban J connectivity index is 1.27. The molecule has 6 saturated heterocycles. The maximum atomic E-state index is 14.5. The third-order valence-electron chi connectivity index (χ3n) is 12.7. The van der Waals surface area contributed by atoms with E-state index >= 15 is 0 Å². The second-order valence-electron chi connectivity index (χ2n) is 14.9. The van der Waals surface area contributed by atoms with E-state index in [2.05, 4.69) is 0 Å². The quantitative estimate of drug-likeness (QED) is 0.351. The normalized spacial score (nSPS) is 62.5. The molecular weight excluding hydrogens is 524 g/mol. The average molecular weight is 563 g/mol. The van der Waals surface area contributed by atoms with Gasteiger partial charge in [-0.15, -0.1) is 0 Å². The van der Waals surface area contributed by atoms with Crippen LogP contribution in [0.25, 0.3) is 0 Å². The van der Waals surface area contributed by atoms with Gasteiger partial charge in [0.2, 0.25) is 11.6 Å². The van der Waals surface area contributed by atoms with Gasteiger partial charge in [-0.1, -0.05) is 6.92 Å². The van der Waals surface area contributed by atoms with E-state index in [9.17, 15) is 29.7 Å². The monoisotopic (exact) mass is 562 g/mol. The van der Waals surface area contributed by atoms with Gasteiger partial charge in [0.05, 0.1) is 47.3 Å². The molecule has 8 rings (SSSR count). The highest BCUT2D eigenvalue weighted by Crippen LogP contribution is 2.72. The fraction of sp³-hybridized carbons (Fsp3) is 0.897. The first-order chi connectivity index (χ1) is 18.5. The molecule has 220 valence electrons. The van der Waals surface area contributed by atoms with Crippen LogP contribution in [0, 0.1) is 35.0 Å². The lowest BCUT2D eigenvalue weighted by molar-refractivity contribution is -0.266. The van der Waals surface area contributed by atoms with E-state index in [1.54, 1.807) is 13.8 Å². The van der Waals surface area contributed by atoms with Crippen LogP contribution in [0.2, 0.25) is 0 Å². The molecule has 0 amide bonds. The Morgan fingerprint density at radius 3 is 2.42 bits per heavy atom. The smallest absolute Gasteiger partial charge is 0.311 e. The third kappa shape index (κ3) is 2.60. The van der Waals surface area contributed by atoms with Crippen LogP contribution in [-0.4, -0.2) is 91.8 Å². The Labute approximate surface area is 231 Å². The molecule has 6 aliphatic heterocycles. The summed E-state index contributed by atoms with van der Waals surface area (Å²) in [6.45, 7) is 9.13. The number of esters is 2. The van der Waals surface area contributed by atoms with Crippen molar-refractivity contribution in [3.05, 3.63) is 0 Å². The molecule has 8 fully saturated rings. The van der Waals surface area contributed by atoms with Crippen molar-refractivity contribution in [2.45, 2.75) is 125 Å². The van der Waals surface area contributed by atoms with Crippen LogP contribution in [-0.2, 0) is 38.1 Å². The summed E-state index contributed by atoms with van der Waals surface area (Å²) in [5, 5.41) is 36.1. The molecule has 2 bridgehead atoms. The molecular formula is C29H38O11. The molecule has 0 aromatic rings. The molecule has 2 saturated carbocycles. The molecule has 2 aliphatic carbocycles. The third-order valence-corrected chi connectivity index (χ3v) is 12.7. The Morgan fingerprint density at radius 2 is 1.70 bits per heavy atom. The number of aliphatic hydroxyl groups is 3. The summed E-state index contributed by atoms with van der Waals surface area (Å²) in [7, 11) is 0. The second-order valence-corrected chi connectivity index (χ2v) is 14.9. The highest BCUT2D eigenvalue weighted by atomic mass is 16.7. The van der Waals surface area contributed by atoms with Crippen LogP contribution < -0.4 is 0 Å². The van der Waals surface area contributed by atoms with Crippen LogP contribution in [0.4, 0.5) is 0 Å². The van der Waals surface area contributed by atoms with E-state index in [1.165, 1.54) is 0 Å². The number of aliphatic hydroxyl groups excluding tert-OH is 2. The van der Waals surface area contributed by atoms with Gasteiger partial charge in [0.15, 0.2) is 0 Å². The van der Waals surface area contributed by atoms with Gasteiger partial charge in [0.25, 0.3) is 0 Å². The van der Waals surface area contributed by atoms with Crippen LogP contribution in [0.15, 0.2) is 0 Å². The Kier molecular flexibility index (Phi) is 4.63. The topological polar surface area (TPSA) is 158 Å². The summed E-state index contributed by atoms with van der Waals surface area (Å²) in [4.78, 5) is 39.7. The standard InChI is InChI=1S/C29H38O11/c1-11-18-19(36-22(11)33)17-20-25(4,23(34)26(17,5)39-18)6-7-27-10-28-13(24(2,3)37-14(28)9-15(31)38-28)8-12(30)16(27)21(32)29(20,35)40-27/h11-14,16-20,23,30,34-35H,6-10H2,1-5H3/t11-,12+,13+,14-,16+,17-,18+,19+,20+,23+,25+,26-,27+,28-,29+/m1/s1. The van der Waals surface area contributed by atoms with E-state index in [0.717, 1.165) is 0 Å². The van der Waals surface area contributed by atoms with Gasteiger partial charge in [0.1, 0.15) is 23.9 Å². The summed E-state index contributed by atoms with van der Waals surface area (Å²) in [6, 6.07) is 0. The van der Waals surface area contributed by atoms with Crippen LogP contribution >= 0.6 is 0 Å². The summed E-state index contributed by atoms with van der Waals surface area (Å²) in [6.07, 6.45) is -3.33. The highest BCUT2D eigenvalue weighted by molar-refractivity contribution is 5.92. The summed E-state index contributed by atoms with van der Waals surface area (Å²) in [5.74, 6) is -7.52. The molecule has 0 radical (unpaired) electrons. The number of carbonyl (C=O) groups is 3. The number of rotatable bonds is 0. The summed E-state index contributed by atoms with van der Waals surface area (Å²) < 4.78 is 31.2. The van der Waals surface area contributed by atoms with Gasteiger partial charge < -0.3 is 39.0 Å². The maximum absolute atomic E-state index is 14.5. The lowest BCUT2D eigenvalue weighted by atomic mass is 9.61. The fourth-order valence-electron chi connectivity index (χ4n) is 11.1. The van der Waals surface area contributed by atoms with Crippen molar-refractivity contribution in [3.63, 3.8) is 0 Å². The Bertz CT molecular complexity index is 1250. The number of hydrogen-bond acceptors (Lipinski definition) is 11. The lowest BCUT2D eigenvalue weighted by Crippen LogP contribution is -2.56.